The van der Waals surface area contributed by atoms with Gasteiger partial charge in [0, 0.05) is 19.1 Å². The van der Waals surface area contributed by atoms with E-state index in [0.717, 1.165) is 18.4 Å². The van der Waals surface area contributed by atoms with Crippen LogP contribution in [0.15, 0.2) is 18.2 Å². The van der Waals surface area contributed by atoms with Crippen LogP contribution in [-0.2, 0) is 11.3 Å². The van der Waals surface area contributed by atoms with E-state index in [-0.39, 0.29) is 18.3 Å². The summed E-state index contributed by atoms with van der Waals surface area (Å²) < 4.78 is 13.2. The molecule has 1 aliphatic carbocycles. The number of hydrogen-bond acceptors (Lipinski definition) is 3. The van der Waals surface area contributed by atoms with E-state index in [4.69, 9.17) is 5.11 Å². The summed E-state index contributed by atoms with van der Waals surface area (Å²) in [5.41, 5.74) is 1.47. The second-order valence-electron chi connectivity index (χ2n) is 5.64. The van der Waals surface area contributed by atoms with Gasteiger partial charge in [0.05, 0.1) is 13.2 Å². The average Bonchev–Trinajstić information content (AvgIpc) is 2.38. The Kier molecular flexibility index (Phi) is 5.70. The van der Waals surface area contributed by atoms with E-state index in [0.29, 0.717) is 31.2 Å². The Morgan fingerprint density at radius 3 is 2.81 bits per heavy atom. The smallest absolute Gasteiger partial charge is 0.234 e. The number of rotatable bonds is 7. The van der Waals surface area contributed by atoms with E-state index in [1.165, 1.54) is 12.5 Å². The van der Waals surface area contributed by atoms with Crippen molar-refractivity contribution in [1.82, 2.24) is 10.2 Å². The molecule has 0 aromatic heterocycles. The minimum Gasteiger partial charge on any atom is -0.395 e. The van der Waals surface area contributed by atoms with Crippen LogP contribution in [0.25, 0.3) is 0 Å². The molecule has 1 aromatic rings. The molecule has 2 rings (SSSR count). The SMILES string of the molecule is Cc1cc(CNC(=O)CN(CCO)C2CCC2)ccc1F. The van der Waals surface area contributed by atoms with Crippen LogP contribution in [0.2, 0.25) is 0 Å². The van der Waals surface area contributed by atoms with Crippen molar-refractivity contribution in [3.05, 3.63) is 35.1 Å². The van der Waals surface area contributed by atoms with E-state index in [1.807, 2.05) is 4.90 Å². The molecule has 5 heteroatoms. The first-order valence-corrected chi connectivity index (χ1v) is 7.47. The average molecular weight is 294 g/mol. The van der Waals surface area contributed by atoms with Crippen LogP contribution < -0.4 is 5.32 Å². The van der Waals surface area contributed by atoms with Crippen LogP contribution in [0.5, 0.6) is 0 Å². The Bertz CT molecular complexity index is 489. The summed E-state index contributed by atoms with van der Waals surface area (Å²) in [5.74, 6) is -0.290. The Morgan fingerprint density at radius 1 is 1.48 bits per heavy atom. The number of nitrogens with one attached hydrogen (secondary N) is 1. The van der Waals surface area contributed by atoms with Gasteiger partial charge in [0.2, 0.25) is 5.91 Å². The molecular weight excluding hydrogens is 271 g/mol. The van der Waals surface area contributed by atoms with Gasteiger partial charge >= 0.3 is 0 Å². The first-order valence-electron chi connectivity index (χ1n) is 7.47. The van der Waals surface area contributed by atoms with Crippen LogP contribution >= 0.6 is 0 Å². The number of benzene rings is 1. The highest BCUT2D eigenvalue weighted by molar-refractivity contribution is 5.78. The second kappa shape index (κ2) is 7.52. The molecule has 0 saturated heterocycles. The topological polar surface area (TPSA) is 52.6 Å². The van der Waals surface area contributed by atoms with Gasteiger partial charge in [-0.1, -0.05) is 18.6 Å². The van der Waals surface area contributed by atoms with Gasteiger partial charge in [-0.15, -0.1) is 0 Å². The molecule has 0 spiro atoms. The maximum atomic E-state index is 13.2. The van der Waals surface area contributed by atoms with Gasteiger partial charge in [-0.05, 0) is 37.0 Å². The molecule has 0 radical (unpaired) electrons. The highest BCUT2D eigenvalue weighted by Gasteiger charge is 2.25. The number of halogens is 1. The fourth-order valence-corrected chi connectivity index (χ4v) is 2.53. The van der Waals surface area contributed by atoms with E-state index >= 15 is 0 Å². The van der Waals surface area contributed by atoms with E-state index < -0.39 is 0 Å². The van der Waals surface area contributed by atoms with Crippen molar-refractivity contribution in [2.24, 2.45) is 0 Å². The zero-order valence-electron chi connectivity index (χ0n) is 12.4. The Morgan fingerprint density at radius 2 is 2.24 bits per heavy atom. The summed E-state index contributed by atoms with van der Waals surface area (Å²) in [6, 6.07) is 5.27. The largest absolute Gasteiger partial charge is 0.395 e. The highest BCUT2D eigenvalue weighted by Crippen LogP contribution is 2.24. The van der Waals surface area contributed by atoms with Crippen molar-refractivity contribution in [1.29, 1.82) is 0 Å². The van der Waals surface area contributed by atoms with Crippen LogP contribution in [0, 0.1) is 12.7 Å². The summed E-state index contributed by atoms with van der Waals surface area (Å²) in [5, 5.41) is 11.9. The maximum Gasteiger partial charge on any atom is 0.234 e. The zero-order chi connectivity index (χ0) is 15.2. The minimum atomic E-state index is -0.232. The summed E-state index contributed by atoms with van der Waals surface area (Å²) in [7, 11) is 0. The third-order valence-electron chi connectivity index (χ3n) is 4.04. The normalized spacial score (nSPS) is 15.0. The molecule has 0 atom stereocenters. The molecule has 0 unspecified atom stereocenters. The lowest BCUT2D eigenvalue weighted by Crippen LogP contribution is -2.47. The summed E-state index contributed by atoms with van der Waals surface area (Å²) in [6.07, 6.45) is 3.40. The number of carbonyl (C=O) groups is 1. The van der Waals surface area contributed by atoms with Crippen LogP contribution in [0.3, 0.4) is 0 Å². The molecule has 0 bridgehead atoms. The third-order valence-corrected chi connectivity index (χ3v) is 4.04. The van der Waals surface area contributed by atoms with Crippen molar-refractivity contribution in [3.63, 3.8) is 0 Å². The number of hydrogen-bond donors (Lipinski definition) is 2. The lowest BCUT2D eigenvalue weighted by atomic mass is 9.91. The Balaban J connectivity index is 1.81. The van der Waals surface area contributed by atoms with E-state index in [9.17, 15) is 9.18 Å². The predicted octanol–water partition coefficient (Wildman–Crippen LogP) is 1.60. The quantitative estimate of drug-likeness (QED) is 0.803. The number of amides is 1. The molecule has 1 fully saturated rings. The second-order valence-corrected chi connectivity index (χ2v) is 5.64. The van der Waals surface area contributed by atoms with Crippen molar-refractivity contribution in [2.45, 2.75) is 38.8 Å². The molecule has 2 N–H and O–H groups in total. The van der Waals surface area contributed by atoms with E-state index in [1.54, 1.807) is 19.1 Å². The van der Waals surface area contributed by atoms with Crippen molar-refractivity contribution in [3.8, 4) is 0 Å². The van der Waals surface area contributed by atoms with Crippen molar-refractivity contribution >= 4 is 5.91 Å². The third kappa shape index (κ3) is 4.51. The monoisotopic (exact) mass is 294 g/mol. The summed E-state index contributed by atoms with van der Waals surface area (Å²) in [4.78, 5) is 14.0. The molecule has 21 heavy (non-hydrogen) atoms. The molecule has 0 aliphatic heterocycles. The first kappa shape index (κ1) is 15.9. The van der Waals surface area contributed by atoms with Gasteiger partial charge in [-0.3, -0.25) is 9.69 Å². The molecule has 1 saturated carbocycles. The number of carbonyl (C=O) groups excluding carboxylic acids is 1. The molecule has 1 amide bonds. The summed E-state index contributed by atoms with van der Waals surface area (Å²) >= 11 is 0. The molecular formula is C16H23FN2O2. The van der Waals surface area contributed by atoms with E-state index in [2.05, 4.69) is 5.32 Å². The fourth-order valence-electron chi connectivity index (χ4n) is 2.53. The van der Waals surface area contributed by atoms with Gasteiger partial charge in [0.25, 0.3) is 0 Å². The number of aliphatic hydroxyl groups is 1. The molecule has 0 heterocycles. The zero-order valence-corrected chi connectivity index (χ0v) is 12.4. The lowest BCUT2D eigenvalue weighted by Gasteiger charge is -2.36. The minimum absolute atomic E-state index is 0.0580. The molecule has 1 aliphatic rings. The molecule has 116 valence electrons. The highest BCUT2D eigenvalue weighted by atomic mass is 19.1. The van der Waals surface area contributed by atoms with Gasteiger partial charge < -0.3 is 10.4 Å². The Hall–Kier alpha value is -1.46. The van der Waals surface area contributed by atoms with Crippen LogP contribution in [0.1, 0.15) is 30.4 Å². The number of nitrogens with zero attached hydrogens (tertiary/aromatic N) is 1. The van der Waals surface area contributed by atoms with Crippen molar-refractivity contribution in [2.75, 3.05) is 19.7 Å². The van der Waals surface area contributed by atoms with Crippen LogP contribution in [0.4, 0.5) is 4.39 Å². The van der Waals surface area contributed by atoms with Gasteiger partial charge in [-0.25, -0.2) is 4.39 Å². The van der Waals surface area contributed by atoms with Gasteiger partial charge in [0.1, 0.15) is 5.82 Å². The number of aliphatic hydroxyl groups excluding tert-OH is 1. The Labute approximate surface area is 125 Å². The number of aryl methyl sites for hydroxylation is 1. The molecule has 4 nitrogen and oxygen atoms in total. The standard InChI is InChI=1S/C16H23FN2O2/c1-12-9-13(5-6-15(12)17)10-18-16(21)11-19(7-8-20)14-3-2-4-14/h5-6,9,14,20H,2-4,7-8,10-11H2,1H3,(H,18,21). The van der Waals surface area contributed by atoms with Crippen molar-refractivity contribution < 1.29 is 14.3 Å². The fraction of sp³-hybridized carbons (Fsp3) is 0.562. The van der Waals surface area contributed by atoms with Gasteiger partial charge in [-0.2, -0.15) is 0 Å². The van der Waals surface area contributed by atoms with Gasteiger partial charge in [0.15, 0.2) is 0 Å². The predicted molar refractivity (Wildman–Crippen MR) is 79.3 cm³/mol. The summed E-state index contributed by atoms with van der Waals surface area (Å²) in [6.45, 7) is 3.03. The first-order chi connectivity index (χ1) is 10.1. The maximum absolute atomic E-state index is 13.2. The molecule has 1 aromatic carbocycles. The lowest BCUT2D eigenvalue weighted by molar-refractivity contribution is -0.123. The van der Waals surface area contributed by atoms with Crippen LogP contribution in [-0.4, -0.2) is 41.7 Å².